The Morgan fingerprint density at radius 2 is 0.951 bits per heavy atom. The van der Waals surface area contributed by atoms with Gasteiger partial charge in [-0.25, -0.2) is 4.98 Å². The Hall–Kier alpha value is -7.75. The summed E-state index contributed by atoms with van der Waals surface area (Å²) in [4.78, 5) is 7.57. The van der Waals surface area contributed by atoms with Crippen LogP contribution in [0.25, 0.3) is 55.5 Å². The number of aromatic nitrogens is 1. The first-order chi connectivity index (χ1) is 30.3. The SMILES string of the molecule is c1ccc(N(c2ccccc2)c2cccc(-c3ccc4c(c3)C3(c5ccccc5B5c6ccccc6-c6cccc3c65)c3cc(-c5ccc6ccccc6n5)ccc3-4)c2)cc1. The second-order valence-electron chi connectivity index (χ2n) is 16.6. The average Bonchev–Trinajstić information content (AvgIpc) is 3.82. The van der Waals surface area contributed by atoms with E-state index in [1.54, 1.807) is 0 Å². The van der Waals surface area contributed by atoms with Gasteiger partial charge >= 0.3 is 0 Å². The molecule has 9 aromatic carbocycles. The third kappa shape index (κ3) is 4.89. The van der Waals surface area contributed by atoms with Gasteiger partial charge in [0, 0.05) is 28.0 Å². The maximum Gasteiger partial charge on any atom is 0.243 e. The van der Waals surface area contributed by atoms with E-state index in [-0.39, 0.29) is 6.71 Å². The van der Waals surface area contributed by atoms with Gasteiger partial charge in [0.25, 0.3) is 0 Å². The van der Waals surface area contributed by atoms with E-state index in [4.69, 9.17) is 4.98 Å². The maximum absolute atomic E-state index is 5.22. The molecule has 10 aromatic rings. The predicted octanol–water partition coefficient (Wildman–Crippen LogP) is 12.2. The summed E-state index contributed by atoms with van der Waals surface area (Å²) in [7, 11) is 0. The van der Waals surface area contributed by atoms with Crippen LogP contribution >= 0.6 is 0 Å². The van der Waals surface area contributed by atoms with E-state index in [1.807, 2.05) is 0 Å². The molecule has 0 radical (unpaired) electrons. The Balaban J connectivity index is 1.07. The molecule has 3 heteroatoms. The van der Waals surface area contributed by atoms with Crippen LogP contribution < -0.4 is 21.3 Å². The Bertz CT molecular complexity index is 3350. The van der Waals surface area contributed by atoms with Gasteiger partial charge in [-0.15, -0.1) is 0 Å². The largest absolute Gasteiger partial charge is 0.310 e. The highest BCUT2D eigenvalue weighted by Crippen LogP contribution is 2.58. The monoisotopic (exact) mass is 772 g/mol. The van der Waals surface area contributed by atoms with E-state index in [1.165, 1.54) is 72.0 Å². The molecule has 0 saturated carbocycles. The van der Waals surface area contributed by atoms with Crippen LogP contribution in [0.3, 0.4) is 0 Å². The lowest BCUT2D eigenvalue weighted by molar-refractivity contribution is 0.776. The van der Waals surface area contributed by atoms with E-state index < -0.39 is 5.41 Å². The molecule has 1 aromatic heterocycles. The van der Waals surface area contributed by atoms with E-state index in [9.17, 15) is 0 Å². The summed E-state index contributed by atoms with van der Waals surface area (Å²) >= 11 is 0. The predicted molar refractivity (Wildman–Crippen MR) is 255 cm³/mol. The van der Waals surface area contributed by atoms with Crippen molar-refractivity contribution in [2.24, 2.45) is 0 Å². The van der Waals surface area contributed by atoms with Crippen molar-refractivity contribution in [1.29, 1.82) is 0 Å². The molecule has 0 N–H and O–H groups in total. The molecular weight excluding hydrogens is 735 g/mol. The second-order valence-corrected chi connectivity index (χ2v) is 16.6. The molecule has 0 saturated heterocycles. The van der Waals surface area contributed by atoms with Gasteiger partial charge in [-0.05, 0) is 116 Å². The molecule has 3 heterocycles. The van der Waals surface area contributed by atoms with Crippen molar-refractivity contribution in [3.05, 3.63) is 247 Å². The third-order valence-electron chi connectivity index (χ3n) is 13.5. The number of rotatable bonds is 5. The number of pyridine rings is 1. The van der Waals surface area contributed by atoms with Crippen molar-refractivity contribution in [1.82, 2.24) is 4.98 Å². The minimum atomic E-state index is -0.564. The number of para-hydroxylation sites is 3. The van der Waals surface area contributed by atoms with Crippen LogP contribution in [0.4, 0.5) is 17.1 Å². The summed E-state index contributed by atoms with van der Waals surface area (Å²) in [6, 6.07) is 82.9. The molecule has 1 atom stereocenters. The number of benzene rings is 9. The highest BCUT2D eigenvalue weighted by Gasteiger charge is 2.54. The van der Waals surface area contributed by atoms with Gasteiger partial charge < -0.3 is 4.90 Å². The summed E-state index contributed by atoms with van der Waals surface area (Å²) in [5.41, 5.74) is 23.1. The number of nitrogens with zero attached hydrogens (tertiary/aromatic N) is 2. The van der Waals surface area contributed by atoms with Gasteiger partial charge in [-0.3, -0.25) is 0 Å². The van der Waals surface area contributed by atoms with Gasteiger partial charge in [-0.1, -0.05) is 180 Å². The van der Waals surface area contributed by atoms with Crippen molar-refractivity contribution < 1.29 is 0 Å². The van der Waals surface area contributed by atoms with Crippen LogP contribution in [0.15, 0.2) is 224 Å². The molecule has 0 amide bonds. The van der Waals surface area contributed by atoms with Crippen molar-refractivity contribution in [2.45, 2.75) is 5.41 Å². The van der Waals surface area contributed by atoms with E-state index in [0.29, 0.717) is 0 Å². The van der Waals surface area contributed by atoms with Gasteiger partial charge in [0.15, 0.2) is 0 Å². The molecule has 1 aliphatic carbocycles. The topological polar surface area (TPSA) is 16.1 Å². The minimum Gasteiger partial charge on any atom is -0.310 e. The van der Waals surface area contributed by atoms with E-state index >= 15 is 0 Å². The molecule has 61 heavy (non-hydrogen) atoms. The fraction of sp³-hybridized carbons (Fsp3) is 0.0172. The first-order valence-corrected chi connectivity index (χ1v) is 21.2. The highest BCUT2D eigenvalue weighted by atomic mass is 15.1. The van der Waals surface area contributed by atoms with E-state index in [2.05, 4.69) is 229 Å². The number of hydrogen-bond acceptors (Lipinski definition) is 2. The molecule has 282 valence electrons. The molecule has 2 nitrogen and oxygen atoms in total. The summed E-state index contributed by atoms with van der Waals surface area (Å²) in [6.07, 6.45) is 0. The second kappa shape index (κ2) is 13.1. The fourth-order valence-corrected chi connectivity index (χ4v) is 11.0. The Labute approximate surface area is 356 Å². The van der Waals surface area contributed by atoms with E-state index in [0.717, 1.165) is 39.2 Å². The van der Waals surface area contributed by atoms with Gasteiger partial charge in [0.2, 0.25) is 6.71 Å². The highest BCUT2D eigenvalue weighted by molar-refractivity contribution is 7.00. The van der Waals surface area contributed by atoms with Crippen LogP contribution in [0.1, 0.15) is 22.3 Å². The molecule has 1 unspecified atom stereocenters. The molecule has 0 fully saturated rings. The molecule has 0 bridgehead atoms. The fourth-order valence-electron chi connectivity index (χ4n) is 11.0. The number of hydrogen-bond donors (Lipinski definition) is 0. The third-order valence-corrected chi connectivity index (χ3v) is 13.5. The normalized spacial score (nSPS) is 14.9. The van der Waals surface area contributed by atoms with Gasteiger partial charge in [-0.2, -0.15) is 0 Å². The van der Waals surface area contributed by atoms with Crippen LogP contribution in [-0.4, -0.2) is 11.7 Å². The van der Waals surface area contributed by atoms with Crippen LogP contribution in [0, 0.1) is 0 Å². The smallest absolute Gasteiger partial charge is 0.243 e. The van der Waals surface area contributed by atoms with Gasteiger partial charge in [0.05, 0.1) is 16.6 Å². The lowest BCUT2D eigenvalue weighted by atomic mass is 9.32. The molecular formula is C58H37BN2. The number of fused-ring (bicyclic) bond motifs is 13. The summed E-state index contributed by atoms with van der Waals surface area (Å²) in [6.45, 7) is 0.170. The number of anilines is 3. The molecule has 13 rings (SSSR count). The lowest BCUT2D eigenvalue weighted by Gasteiger charge is -2.42. The summed E-state index contributed by atoms with van der Waals surface area (Å²) in [5, 5.41) is 1.15. The van der Waals surface area contributed by atoms with Crippen LogP contribution in [-0.2, 0) is 5.41 Å². The van der Waals surface area contributed by atoms with Crippen molar-refractivity contribution in [2.75, 3.05) is 4.90 Å². The Kier molecular flexibility index (Phi) is 7.35. The molecule has 3 aliphatic rings. The quantitative estimate of drug-likeness (QED) is 0.162. The van der Waals surface area contributed by atoms with Crippen LogP contribution in [0.5, 0.6) is 0 Å². The Morgan fingerprint density at radius 3 is 1.75 bits per heavy atom. The summed E-state index contributed by atoms with van der Waals surface area (Å²) < 4.78 is 0. The lowest BCUT2D eigenvalue weighted by Crippen LogP contribution is -2.59. The maximum atomic E-state index is 5.22. The van der Waals surface area contributed by atoms with Crippen molar-refractivity contribution >= 4 is 51.1 Å². The molecule has 1 spiro atoms. The zero-order valence-corrected chi connectivity index (χ0v) is 33.3. The van der Waals surface area contributed by atoms with Crippen LogP contribution in [0.2, 0.25) is 0 Å². The van der Waals surface area contributed by atoms with Crippen molar-refractivity contribution in [3.63, 3.8) is 0 Å². The zero-order chi connectivity index (χ0) is 40.1. The van der Waals surface area contributed by atoms with Crippen molar-refractivity contribution in [3.8, 4) is 44.6 Å². The minimum absolute atomic E-state index is 0.170. The average molecular weight is 773 g/mol. The van der Waals surface area contributed by atoms with Gasteiger partial charge in [0.1, 0.15) is 0 Å². The standard InChI is InChI=1S/C58H37BN2/c1-3-17-42(18-4-1)61(43-19-5-2-6-20-43)44-21-13-16-39(35-44)40-29-32-45-46-33-30-41(56-34-31-38-15-7-12-28-55(38)60-56)37-52(46)58(51(45)36-40)49-24-9-11-27-54(49)59-53-26-10-8-22-47(53)48-23-14-25-50(58)57(48)59/h1-37H. The molecule has 2 aliphatic heterocycles. The Morgan fingerprint density at radius 1 is 0.361 bits per heavy atom. The first kappa shape index (κ1) is 34.1. The first-order valence-electron chi connectivity index (χ1n) is 21.2. The summed E-state index contributed by atoms with van der Waals surface area (Å²) in [5.74, 6) is 0. The zero-order valence-electron chi connectivity index (χ0n) is 33.3.